The molecule has 0 saturated heterocycles. The third-order valence-electron chi connectivity index (χ3n) is 5.68. The van der Waals surface area contributed by atoms with Gasteiger partial charge in [0, 0.05) is 23.7 Å². The van der Waals surface area contributed by atoms with Crippen molar-refractivity contribution in [3.63, 3.8) is 0 Å². The van der Waals surface area contributed by atoms with E-state index in [0.29, 0.717) is 28.3 Å². The summed E-state index contributed by atoms with van der Waals surface area (Å²) in [6.45, 7) is 4.11. The molecule has 28 heavy (non-hydrogen) atoms. The third-order valence-corrected chi connectivity index (χ3v) is 5.68. The van der Waals surface area contributed by atoms with Gasteiger partial charge in [-0.3, -0.25) is 14.9 Å². The lowest BCUT2D eigenvalue weighted by molar-refractivity contribution is -0.121. The van der Waals surface area contributed by atoms with Crippen LogP contribution in [0.15, 0.2) is 42.9 Å². The molecule has 4 rings (SSSR count). The summed E-state index contributed by atoms with van der Waals surface area (Å²) in [5.41, 5.74) is 1.37. The first-order chi connectivity index (χ1) is 13.5. The molecule has 7 heteroatoms. The Morgan fingerprint density at radius 2 is 2.21 bits per heavy atom. The lowest BCUT2D eigenvalue weighted by atomic mass is 9.85. The van der Waals surface area contributed by atoms with Gasteiger partial charge in [0.25, 0.3) is 0 Å². The number of fused-ring (bicyclic) bond motifs is 1. The number of nitrogens with one attached hydrogen (secondary N) is 2. The van der Waals surface area contributed by atoms with Crippen LogP contribution in [0, 0.1) is 23.6 Å². The summed E-state index contributed by atoms with van der Waals surface area (Å²) in [5.74, 6) is 0.715. The summed E-state index contributed by atoms with van der Waals surface area (Å²) in [6.07, 6.45) is 6.53. The molecule has 146 valence electrons. The monoisotopic (exact) mass is 382 g/mol. The smallest absolute Gasteiger partial charge is 0.227 e. The highest BCUT2D eigenvalue weighted by molar-refractivity contribution is 5.92. The Kier molecular flexibility index (Phi) is 4.98. The Labute approximate surface area is 162 Å². The van der Waals surface area contributed by atoms with E-state index >= 15 is 0 Å². The Balaban J connectivity index is 1.45. The van der Waals surface area contributed by atoms with Crippen LogP contribution in [0.5, 0.6) is 5.75 Å². The first-order valence-corrected chi connectivity index (χ1v) is 9.52. The fourth-order valence-corrected chi connectivity index (χ4v) is 4.16. The van der Waals surface area contributed by atoms with Gasteiger partial charge in [0.2, 0.25) is 5.91 Å². The third kappa shape index (κ3) is 3.69. The predicted molar refractivity (Wildman–Crippen MR) is 104 cm³/mol. The number of benzene rings is 1. The normalized spacial score (nSPS) is 22.9. The largest absolute Gasteiger partial charge is 0.490 e. The van der Waals surface area contributed by atoms with Gasteiger partial charge in [0.15, 0.2) is 0 Å². The lowest BCUT2D eigenvalue weighted by Crippen LogP contribution is -2.28. The fourth-order valence-electron chi connectivity index (χ4n) is 4.16. The van der Waals surface area contributed by atoms with E-state index in [2.05, 4.69) is 27.4 Å². The van der Waals surface area contributed by atoms with E-state index in [9.17, 15) is 9.18 Å². The van der Waals surface area contributed by atoms with Crippen LogP contribution in [0.3, 0.4) is 0 Å². The molecule has 0 aliphatic heterocycles. The second kappa shape index (κ2) is 7.58. The van der Waals surface area contributed by atoms with Gasteiger partial charge in [-0.15, -0.1) is 0 Å². The second-order valence-electron chi connectivity index (χ2n) is 7.59. The van der Waals surface area contributed by atoms with Crippen molar-refractivity contribution < 1.29 is 13.9 Å². The van der Waals surface area contributed by atoms with E-state index in [1.165, 1.54) is 12.1 Å². The Hall–Kier alpha value is -2.96. The van der Waals surface area contributed by atoms with Crippen LogP contribution in [0.2, 0.25) is 0 Å². The van der Waals surface area contributed by atoms with Gasteiger partial charge in [0.1, 0.15) is 11.6 Å². The van der Waals surface area contributed by atoms with Crippen molar-refractivity contribution in [3.8, 4) is 5.75 Å². The zero-order valence-electron chi connectivity index (χ0n) is 15.9. The molecule has 4 atom stereocenters. The summed E-state index contributed by atoms with van der Waals surface area (Å²) < 4.78 is 19.9. The van der Waals surface area contributed by atoms with Crippen molar-refractivity contribution >= 4 is 22.5 Å². The quantitative estimate of drug-likeness (QED) is 0.694. The van der Waals surface area contributed by atoms with Crippen molar-refractivity contribution in [1.82, 2.24) is 15.2 Å². The highest BCUT2D eigenvalue weighted by Gasteiger charge is 2.38. The van der Waals surface area contributed by atoms with E-state index in [0.717, 1.165) is 12.8 Å². The molecule has 0 radical (unpaired) electrons. The highest BCUT2D eigenvalue weighted by Crippen LogP contribution is 2.40. The van der Waals surface area contributed by atoms with Crippen LogP contribution in [0.25, 0.3) is 10.9 Å². The van der Waals surface area contributed by atoms with Crippen molar-refractivity contribution in [2.75, 3.05) is 5.32 Å². The average Bonchev–Trinajstić information content (AvgIpc) is 3.31. The number of ether oxygens (including phenoxy) is 1. The molecule has 1 aromatic carbocycles. The van der Waals surface area contributed by atoms with Crippen molar-refractivity contribution in [1.29, 1.82) is 0 Å². The summed E-state index contributed by atoms with van der Waals surface area (Å²) >= 11 is 0. The van der Waals surface area contributed by atoms with Gasteiger partial charge in [0.05, 0.1) is 23.5 Å². The molecule has 1 fully saturated rings. The number of H-pyrrole nitrogens is 1. The van der Waals surface area contributed by atoms with Gasteiger partial charge >= 0.3 is 0 Å². The SMILES string of the molecule is CC1CC(Oc2ccnc3ccc(F)cc23)CC1C(C)C(=O)Nc1cn[nH]c1. The molecular weight excluding hydrogens is 359 g/mol. The summed E-state index contributed by atoms with van der Waals surface area (Å²) in [5, 5.41) is 10.1. The molecule has 0 spiro atoms. The predicted octanol–water partition coefficient (Wildman–Crippen LogP) is 4.17. The molecule has 2 heterocycles. The van der Waals surface area contributed by atoms with Gasteiger partial charge in [-0.1, -0.05) is 13.8 Å². The Morgan fingerprint density at radius 3 is 3.00 bits per heavy atom. The molecule has 0 bridgehead atoms. The standard InChI is InChI=1S/C21H23FN4O2/c1-12-7-16(9-17(12)13(2)21(27)26-15-10-24-25-11-15)28-20-5-6-23-19-4-3-14(22)8-18(19)20/h3-6,8,10-13,16-17H,7,9H2,1-2H3,(H,24,25)(H,26,27). The first kappa shape index (κ1) is 18.4. The van der Waals surface area contributed by atoms with Gasteiger partial charge in [-0.05, 0) is 48.9 Å². The molecule has 4 unspecified atom stereocenters. The fraction of sp³-hybridized carbons (Fsp3) is 0.381. The second-order valence-corrected chi connectivity index (χ2v) is 7.59. The lowest BCUT2D eigenvalue weighted by Gasteiger charge is -2.22. The minimum absolute atomic E-state index is 0.0157. The summed E-state index contributed by atoms with van der Waals surface area (Å²) in [4.78, 5) is 16.8. The maximum atomic E-state index is 13.7. The van der Waals surface area contributed by atoms with Gasteiger partial charge < -0.3 is 10.1 Å². The number of hydrogen-bond acceptors (Lipinski definition) is 4. The number of hydrogen-bond donors (Lipinski definition) is 2. The summed E-state index contributed by atoms with van der Waals surface area (Å²) in [7, 11) is 0. The number of carbonyl (C=O) groups excluding carboxylic acids is 1. The molecule has 6 nitrogen and oxygen atoms in total. The number of nitrogens with zero attached hydrogens (tertiary/aromatic N) is 2. The number of rotatable bonds is 5. The van der Waals surface area contributed by atoms with Crippen molar-refractivity contribution in [2.24, 2.45) is 17.8 Å². The van der Waals surface area contributed by atoms with Crippen LogP contribution in [0.4, 0.5) is 10.1 Å². The zero-order chi connectivity index (χ0) is 19.7. The number of amides is 1. The maximum Gasteiger partial charge on any atom is 0.227 e. The Morgan fingerprint density at radius 1 is 1.36 bits per heavy atom. The molecule has 1 aliphatic carbocycles. The van der Waals surface area contributed by atoms with E-state index in [1.54, 1.807) is 30.7 Å². The van der Waals surface area contributed by atoms with Crippen LogP contribution in [0.1, 0.15) is 26.7 Å². The topological polar surface area (TPSA) is 79.9 Å². The minimum atomic E-state index is -0.312. The molecule has 2 aromatic heterocycles. The van der Waals surface area contributed by atoms with Crippen molar-refractivity contribution in [2.45, 2.75) is 32.8 Å². The number of anilines is 1. The van der Waals surface area contributed by atoms with Crippen LogP contribution >= 0.6 is 0 Å². The van der Waals surface area contributed by atoms with E-state index < -0.39 is 0 Å². The van der Waals surface area contributed by atoms with Crippen LogP contribution in [-0.4, -0.2) is 27.2 Å². The van der Waals surface area contributed by atoms with Crippen LogP contribution < -0.4 is 10.1 Å². The molecule has 1 aliphatic rings. The summed E-state index contributed by atoms with van der Waals surface area (Å²) in [6, 6.07) is 6.27. The number of carbonyl (C=O) groups is 1. The van der Waals surface area contributed by atoms with E-state index in [4.69, 9.17) is 4.74 Å². The van der Waals surface area contributed by atoms with Crippen molar-refractivity contribution in [3.05, 3.63) is 48.7 Å². The number of aromatic amines is 1. The number of halogens is 1. The number of aromatic nitrogens is 3. The van der Waals surface area contributed by atoms with Gasteiger partial charge in [-0.2, -0.15) is 5.10 Å². The Bertz CT molecular complexity index is 976. The molecule has 1 amide bonds. The van der Waals surface area contributed by atoms with Crippen LogP contribution in [-0.2, 0) is 4.79 Å². The number of pyridine rings is 1. The zero-order valence-corrected chi connectivity index (χ0v) is 15.9. The molecular formula is C21H23FN4O2. The first-order valence-electron chi connectivity index (χ1n) is 9.52. The van der Waals surface area contributed by atoms with E-state index in [-0.39, 0.29) is 29.7 Å². The highest BCUT2D eigenvalue weighted by atomic mass is 19.1. The minimum Gasteiger partial charge on any atom is -0.490 e. The maximum absolute atomic E-state index is 13.7. The molecule has 1 saturated carbocycles. The van der Waals surface area contributed by atoms with Gasteiger partial charge in [-0.25, -0.2) is 4.39 Å². The molecule has 2 N–H and O–H groups in total. The van der Waals surface area contributed by atoms with E-state index in [1.807, 2.05) is 6.92 Å². The molecule has 3 aromatic rings. The average molecular weight is 382 g/mol.